The molecular formula is C15H21ClN2O. The summed E-state index contributed by atoms with van der Waals surface area (Å²) in [6.45, 7) is 4.90. The van der Waals surface area contributed by atoms with Crippen LogP contribution in [0.4, 0.5) is 5.69 Å². The molecule has 19 heavy (non-hydrogen) atoms. The number of anilines is 1. The predicted octanol–water partition coefficient (Wildman–Crippen LogP) is 3.80. The summed E-state index contributed by atoms with van der Waals surface area (Å²) in [5.74, 6) is 0. The fraction of sp³-hybridized carbons (Fsp3) is 0.667. The lowest BCUT2D eigenvalue weighted by Crippen LogP contribution is -2.64. The molecule has 2 atom stereocenters. The van der Waals surface area contributed by atoms with Crippen LogP contribution in [0.1, 0.15) is 38.3 Å². The molecule has 0 saturated heterocycles. The number of ether oxygens (including phenoxy) is 1. The van der Waals surface area contributed by atoms with Crippen LogP contribution >= 0.6 is 11.6 Å². The third-order valence-corrected chi connectivity index (χ3v) is 5.03. The van der Waals surface area contributed by atoms with Gasteiger partial charge in [0, 0.05) is 18.1 Å². The maximum Gasteiger partial charge on any atom is 0.129 e. The fourth-order valence-corrected chi connectivity index (χ4v) is 3.70. The summed E-state index contributed by atoms with van der Waals surface area (Å²) in [5.41, 5.74) is 2.46. The highest BCUT2D eigenvalue weighted by Gasteiger charge is 2.58. The van der Waals surface area contributed by atoms with Gasteiger partial charge >= 0.3 is 0 Å². The average molecular weight is 281 g/mol. The lowest BCUT2D eigenvalue weighted by Gasteiger charge is -2.61. The number of halogens is 1. The zero-order valence-electron chi connectivity index (χ0n) is 11.6. The summed E-state index contributed by atoms with van der Waals surface area (Å²) in [7, 11) is 0. The van der Waals surface area contributed by atoms with E-state index in [2.05, 4.69) is 17.2 Å². The van der Waals surface area contributed by atoms with Gasteiger partial charge < -0.3 is 10.1 Å². The number of hydrogen-bond acceptors (Lipinski definition) is 3. The molecule has 0 radical (unpaired) electrons. The van der Waals surface area contributed by atoms with Gasteiger partial charge in [0.05, 0.1) is 17.5 Å². The maximum atomic E-state index is 5.90. The molecule has 3 nitrogen and oxygen atoms in total. The van der Waals surface area contributed by atoms with Crippen molar-refractivity contribution < 1.29 is 4.74 Å². The van der Waals surface area contributed by atoms with Crippen LogP contribution in [-0.4, -0.2) is 23.7 Å². The first-order valence-electron chi connectivity index (χ1n) is 7.17. The van der Waals surface area contributed by atoms with Gasteiger partial charge in [-0.15, -0.1) is 0 Å². The lowest BCUT2D eigenvalue weighted by atomic mass is 9.51. The van der Waals surface area contributed by atoms with Crippen molar-refractivity contribution in [1.82, 2.24) is 4.98 Å². The van der Waals surface area contributed by atoms with E-state index < -0.39 is 0 Å². The number of nitrogens with zero attached hydrogens (tertiary/aromatic N) is 1. The number of pyridine rings is 1. The van der Waals surface area contributed by atoms with Crippen molar-refractivity contribution in [2.45, 2.75) is 51.7 Å². The van der Waals surface area contributed by atoms with Crippen molar-refractivity contribution in [1.29, 1.82) is 0 Å². The smallest absolute Gasteiger partial charge is 0.129 e. The predicted molar refractivity (Wildman–Crippen MR) is 77.7 cm³/mol. The van der Waals surface area contributed by atoms with Crippen LogP contribution in [0.2, 0.25) is 5.15 Å². The number of rotatable bonds is 4. The molecular weight excluding hydrogens is 260 g/mol. The minimum atomic E-state index is 0.377. The Kier molecular flexibility index (Phi) is 3.44. The molecule has 2 fully saturated rings. The van der Waals surface area contributed by atoms with Crippen molar-refractivity contribution in [3.05, 3.63) is 23.0 Å². The van der Waals surface area contributed by atoms with Crippen molar-refractivity contribution in [2.75, 3.05) is 11.9 Å². The molecule has 1 N–H and O–H groups in total. The van der Waals surface area contributed by atoms with E-state index in [0.717, 1.165) is 24.4 Å². The van der Waals surface area contributed by atoms with Gasteiger partial charge in [0.1, 0.15) is 5.15 Å². The first-order valence-corrected chi connectivity index (χ1v) is 7.55. The number of aromatic nitrogens is 1. The van der Waals surface area contributed by atoms with Crippen molar-refractivity contribution >= 4 is 17.3 Å². The van der Waals surface area contributed by atoms with E-state index in [4.69, 9.17) is 16.3 Å². The van der Waals surface area contributed by atoms with E-state index in [1.165, 1.54) is 19.3 Å². The molecule has 1 aromatic heterocycles. The van der Waals surface area contributed by atoms with Gasteiger partial charge in [-0.25, -0.2) is 4.98 Å². The minimum absolute atomic E-state index is 0.377. The van der Waals surface area contributed by atoms with E-state index in [1.54, 1.807) is 0 Å². The molecule has 0 aliphatic heterocycles. The Hall–Kier alpha value is -0.800. The van der Waals surface area contributed by atoms with Gasteiger partial charge in [-0.2, -0.15) is 0 Å². The number of aryl methyl sites for hydroxylation is 1. The monoisotopic (exact) mass is 280 g/mol. The molecule has 1 heterocycles. The summed E-state index contributed by atoms with van der Waals surface area (Å²) < 4.78 is 5.88. The van der Waals surface area contributed by atoms with Crippen LogP contribution in [0.15, 0.2) is 12.1 Å². The van der Waals surface area contributed by atoms with Crippen LogP contribution in [0.5, 0.6) is 0 Å². The van der Waals surface area contributed by atoms with Crippen LogP contribution < -0.4 is 5.32 Å². The zero-order valence-corrected chi connectivity index (χ0v) is 12.3. The van der Waals surface area contributed by atoms with Crippen molar-refractivity contribution in [3.63, 3.8) is 0 Å². The SMILES string of the molecule is CCOC1CC(Nc2ccc(Cl)nc2C)C12CCC2. The molecule has 1 spiro atoms. The van der Waals surface area contributed by atoms with E-state index in [9.17, 15) is 0 Å². The van der Waals surface area contributed by atoms with Gasteiger partial charge in [0.25, 0.3) is 0 Å². The fourth-order valence-electron chi connectivity index (χ4n) is 3.51. The molecule has 2 unspecified atom stereocenters. The lowest BCUT2D eigenvalue weighted by molar-refractivity contribution is -0.157. The summed E-state index contributed by atoms with van der Waals surface area (Å²) in [6, 6.07) is 4.41. The zero-order chi connectivity index (χ0) is 13.5. The minimum Gasteiger partial charge on any atom is -0.380 e. The van der Waals surface area contributed by atoms with Crippen LogP contribution in [0.3, 0.4) is 0 Å². The number of hydrogen-bond donors (Lipinski definition) is 1. The Morgan fingerprint density at radius 1 is 1.47 bits per heavy atom. The Morgan fingerprint density at radius 2 is 2.26 bits per heavy atom. The van der Waals surface area contributed by atoms with Crippen LogP contribution in [0, 0.1) is 12.3 Å². The molecule has 0 amide bonds. The maximum absolute atomic E-state index is 5.90. The number of nitrogens with one attached hydrogen (secondary N) is 1. The van der Waals surface area contributed by atoms with E-state index >= 15 is 0 Å². The third kappa shape index (κ3) is 2.13. The third-order valence-electron chi connectivity index (χ3n) is 4.82. The van der Waals surface area contributed by atoms with Crippen LogP contribution in [-0.2, 0) is 4.74 Å². The van der Waals surface area contributed by atoms with E-state index in [0.29, 0.717) is 22.7 Å². The average Bonchev–Trinajstić information content (AvgIpc) is 2.28. The first-order chi connectivity index (χ1) is 9.15. The second kappa shape index (κ2) is 4.95. The highest BCUT2D eigenvalue weighted by molar-refractivity contribution is 6.29. The molecule has 2 aliphatic carbocycles. The van der Waals surface area contributed by atoms with Crippen molar-refractivity contribution in [3.8, 4) is 0 Å². The molecule has 2 aliphatic rings. The Balaban J connectivity index is 1.71. The molecule has 104 valence electrons. The van der Waals surface area contributed by atoms with Gasteiger partial charge in [0.15, 0.2) is 0 Å². The van der Waals surface area contributed by atoms with Gasteiger partial charge in [-0.3, -0.25) is 0 Å². The normalized spacial score (nSPS) is 27.7. The summed E-state index contributed by atoms with van der Waals surface area (Å²) >= 11 is 5.90. The molecule has 1 aromatic rings. The highest BCUT2D eigenvalue weighted by atomic mass is 35.5. The quantitative estimate of drug-likeness (QED) is 0.852. The van der Waals surface area contributed by atoms with Gasteiger partial charge in [-0.1, -0.05) is 18.0 Å². The Labute approximate surface area is 119 Å². The second-order valence-electron chi connectivity index (χ2n) is 5.73. The topological polar surface area (TPSA) is 34.1 Å². The van der Waals surface area contributed by atoms with E-state index in [-0.39, 0.29) is 0 Å². The highest BCUT2D eigenvalue weighted by Crippen LogP contribution is 2.58. The molecule has 2 saturated carbocycles. The summed E-state index contributed by atoms with van der Waals surface area (Å²) in [5, 5.41) is 4.21. The molecule has 0 aromatic carbocycles. The van der Waals surface area contributed by atoms with Crippen molar-refractivity contribution in [2.24, 2.45) is 5.41 Å². The molecule has 0 bridgehead atoms. The van der Waals surface area contributed by atoms with Gasteiger partial charge in [0.2, 0.25) is 0 Å². The second-order valence-corrected chi connectivity index (χ2v) is 6.12. The molecule has 4 heteroatoms. The largest absolute Gasteiger partial charge is 0.380 e. The first kappa shape index (κ1) is 13.2. The Bertz CT molecular complexity index is 473. The Morgan fingerprint density at radius 3 is 2.84 bits per heavy atom. The van der Waals surface area contributed by atoms with E-state index in [1.807, 2.05) is 19.1 Å². The standard InChI is InChI=1S/C15H21ClN2O/c1-3-19-13-9-12(15(13)7-4-8-15)18-11-5-6-14(16)17-10(11)2/h5-6,12-13,18H,3-4,7-9H2,1-2H3. The summed E-state index contributed by atoms with van der Waals surface area (Å²) in [4.78, 5) is 4.30. The van der Waals surface area contributed by atoms with Crippen LogP contribution in [0.25, 0.3) is 0 Å². The molecule has 3 rings (SSSR count). The van der Waals surface area contributed by atoms with Gasteiger partial charge in [-0.05, 0) is 45.2 Å². The summed E-state index contributed by atoms with van der Waals surface area (Å²) in [6.07, 6.45) is 5.46.